The van der Waals surface area contributed by atoms with Crippen molar-refractivity contribution < 1.29 is 62.2 Å². The van der Waals surface area contributed by atoms with E-state index in [1.807, 2.05) is 0 Å². The Kier molecular flexibility index (Phi) is 4.38. The minimum absolute atomic E-state index is 1.35. The third-order valence-corrected chi connectivity index (χ3v) is 1.59. The van der Waals surface area contributed by atoms with E-state index >= 15 is 0 Å². The van der Waals surface area contributed by atoms with Gasteiger partial charge in [-0.1, -0.05) is 0 Å². The van der Waals surface area contributed by atoms with E-state index < -0.39 is 36.3 Å². The van der Waals surface area contributed by atoms with Crippen LogP contribution in [0.4, 0.5) is 52.7 Å². The fraction of sp³-hybridized carbons (Fsp3) is 0.833. The maximum atomic E-state index is 12.4. The van der Waals surface area contributed by atoms with Crippen molar-refractivity contribution in [2.75, 3.05) is 0 Å². The van der Waals surface area contributed by atoms with Crippen LogP contribution in [-0.2, 0) is 9.53 Å². The summed E-state index contributed by atoms with van der Waals surface area (Å²) in [6, 6.07) is -4.39. The van der Waals surface area contributed by atoms with Crippen LogP contribution in [0.2, 0.25) is 0 Å². The van der Waals surface area contributed by atoms with Crippen molar-refractivity contribution >= 4 is 6.04 Å². The van der Waals surface area contributed by atoms with Crippen molar-refractivity contribution in [3.63, 3.8) is 0 Å². The molecule has 2 nitrogen and oxygen atoms in total. The predicted molar refractivity (Wildman–Crippen MR) is 33.0 cm³/mol. The molecule has 0 saturated carbocycles. The largest absolute Gasteiger partial charge is 0.483 e. The average Bonchev–Trinajstić information content (AvgIpc) is 2.12. The maximum Gasteiger partial charge on any atom is 0.483 e. The summed E-state index contributed by atoms with van der Waals surface area (Å²) in [7, 11) is 0. The summed E-state index contributed by atoms with van der Waals surface area (Å²) in [5.74, 6) is -14.2. The Morgan fingerprint density at radius 1 is 0.700 bits per heavy atom. The molecule has 0 N–H and O–H groups in total. The van der Waals surface area contributed by atoms with Crippen LogP contribution in [0.3, 0.4) is 0 Å². The van der Waals surface area contributed by atoms with Gasteiger partial charge < -0.3 is 0 Å². The maximum absolute atomic E-state index is 12.4. The monoisotopic (exact) mass is 332 g/mol. The molecule has 0 aromatic heterocycles. The number of halogens is 12. The van der Waals surface area contributed by atoms with E-state index in [4.69, 9.17) is 0 Å². The van der Waals surface area contributed by atoms with Gasteiger partial charge in [-0.2, -0.15) is 52.7 Å². The minimum Gasteiger partial charge on any atom is -0.254 e. The Balaban J connectivity index is 5.60. The molecule has 0 aliphatic carbocycles. The molecule has 0 atom stereocenters. The zero-order valence-electron chi connectivity index (χ0n) is 8.35. The molecule has 0 unspecified atom stereocenters. The van der Waals surface area contributed by atoms with Gasteiger partial charge in [0.1, 0.15) is 0 Å². The van der Waals surface area contributed by atoms with Gasteiger partial charge in [0.2, 0.25) is 0 Å². The van der Waals surface area contributed by atoms with Crippen LogP contribution in [0.25, 0.3) is 0 Å². The zero-order chi connectivity index (χ0) is 16.8. The van der Waals surface area contributed by atoms with Gasteiger partial charge in [0, 0.05) is 0 Å². The molecule has 0 heterocycles. The topological polar surface area (TPSA) is 26.3 Å². The van der Waals surface area contributed by atoms with Crippen molar-refractivity contribution in [2.24, 2.45) is 0 Å². The third-order valence-electron chi connectivity index (χ3n) is 1.59. The first kappa shape index (κ1) is 18.8. The second-order valence-corrected chi connectivity index (χ2v) is 3.06. The van der Waals surface area contributed by atoms with E-state index in [0.29, 0.717) is 0 Å². The average molecular weight is 332 g/mol. The van der Waals surface area contributed by atoms with Crippen LogP contribution in [0.1, 0.15) is 0 Å². The van der Waals surface area contributed by atoms with Crippen LogP contribution >= 0.6 is 0 Å². The van der Waals surface area contributed by atoms with E-state index in [0.717, 1.165) is 0 Å². The summed E-state index contributed by atoms with van der Waals surface area (Å²) in [5.41, 5.74) is 0. The Morgan fingerprint density at radius 2 is 1.05 bits per heavy atom. The predicted octanol–water partition coefficient (Wildman–Crippen LogP) is 3.52. The van der Waals surface area contributed by atoms with Gasteiger partial charge in [-0.3, -0.25) is 4.79 Å². The fourth-order valence-electron chi connectivity index (χ4n) is 0.589. The summed E-state index contributed by atoms with van der Waals surface area (Å²) >= 11 is 0. The molecule has 0 rings (SSSR count). The Labute approximate surface area is 99.8 Å². The van der Waals surface area contributed by atoms with Gasteiger partial charge in [-0.25, -0.2) is 4.74 Å². The molecule has 0 fully saturated rings. The minimum atomic E-state index is -7.31. The highest BCUT2D eigenvalue weighted by Gasteiger charge is 2.80. The van der Waals surface area contributed by atoms with Gasteiger partial charge in [-0.15, -0.1) is 0 Å². The normalized spacial score (nSPS) is 15.4. The van der Waals surface area contributed by atoms with E-state index in [9.17, 15) is 57.5 Å². The molecular formula is C6F12O2. The summed E-state index contributed by atoms with van der Waals surface area (Å²) in [6.07, 6.45) is -21.1. The van der Waals surface area contributed by atoms with Crippen LogP contribution in [0.15, 0.2) is 0 Å². The summed E-state index contributed by atoms with van der Waals surface area (Å²) in [6.45, 7) is 0. The first-order valence-electron chi connectivity index (χ1n) is 3.88. The standard InChI is InChI=1S/C6F12O2/c7-1(19)2(8,9)3(10,11)5(15,16)20-6(17,18)4(12,13)14. The molecular weight excluding hydrogens is 332 g/mol. The van der Waals surface area contributed by atoms with Gasteiger partial charge in [0.15, 0.2) is 0 Å². The molecule has 0 radical (unpaired) electrons. The Morgan fingerprint density at radius 3 is 1.30 bits per heavy atom. The number of carbonyl (C=O) groups is 1. The summed E-state index contributed by atoms with van der Waals surface area (Å²) in [5, 5.41) is 0. The highest BCUT2D eigenvalue weighted by molar-refractivity contribution is 5.77. The number of hydrogen-bond acceptors (Lipinski definition) is 2. The molecule has 0 aliphatic heterocycles. The third kappa shape index (κ3) is 2.93. The number of ether oxygens (including phenoxy) is 1. The molecule has 0 amide bonds. The molecule has 0 aliphatic rings. The Bertz CT molecular complexity index is 382. The van der Waals surface area contributed by atoms with Crippen LogP contribution in [0.5, 0.6) is 0 Å². The van der Waals surface area contributed by atoms with Crippen molar-refractivity contribution in [1.82, 2.24) is 0 Å². The van der Waals surface area contributed by atoms with Crippen molar-refractivity contribution in [1.29, 1.82) is 0 Å². The molecule has 0 spiro atoms. The number of hydrogen-bond donors (Lipinski definition) is 0. The molecule has 14 heteroatoms. The summed E-state index contributed by atoms with van der Waals surface area (Å²) in [4.78, 5) is 9.43. The van der Waals surface area contributed by atoms with Gasteiger partial charge >= 0.3 is 36.3 Å². The molecule has 0 bridgehead atoms. The second kappa shape index (κ2) is 4.66. The molecule has 120 valence electrons. The lowest BCUT2D eigenvalue weighted by molar-refractivity contribution is -0.497. The first-order chi connectivity index (χ1) is 8.40. The molecule has 0 aromatic rings. The lowest BCUT2D eigenvalue weighted by Gasteiger charge is -2.32. The van der Waals surface area contributed by atoms with Crippen molar-refractivity contribution in [3.8, 4) is 0 Å². The van der Waals surface area contributed by atoms with E-state index in [2.05, 4.69) is 0 Å². The zero-order valence-corrected chi connectivity index (χ0v) is 8.35. The highest BCUT2D eigenvalue weighted by Crippen LogP contribution is 2.51. The van der Waals surface area contributed by atoms with Crippen molar-refractivity contribution in [2.45, 2.75) is 30.2 Å². The van der Waals surface area contributed by atoms with E-state index in [1.165, 1.54) is 4.74 Å². The smallest absolute Gasteiger partial charge is 0.254 e. The fourth-order valence-corrected chi connectivity index (χ4v) is 0.589. The van der Waals surface area contributed by atoms with Gasteiger partial charge in [0.25, 0.3) is 0 Å². The van der Waals surface area contributed by atoms with Crippen LogP contribution in [-0.4, -0.2) is 36.3 Å². The second-order valence-electron chi connectivity index (χ2n) is 3.06. The first-order valence-corrected chi connectivity index (χ1v) is 3.88. The quantitative estimate of drug-likeness (QED) is 0.569. The lowest BCUT2D eigenvalue weighted by atomic mass is 10.1. The van der Waals surface area contributed by atoms with Gasteiger partial charge in [0.05, 0.1) is 0 Å². The highest BCUT2D eigenvalue weighted by atomic mass is 19.4. The number of rotatable bonds is 5. The molecule has 0 saturated heterocycles. The Hall–Kier alpha value is -1.21. The van der Waals surface area contributed by atoms with E-state index in [-0.39, 0.29) is 0 Å². The van der Waals surface area contributed by atoms with E-state index in [1.54, 1.807) is 0 Å². The molecule has 0 aromatic carbocycles. The van der Waals surface area contributed by atoms with Crippen molar-refractivity contribution in [3.05, 3.63) is 0 Å². The summed E-state index contributed by atoms with van der Waals surface area (Å²) < 4.78 is 145. The van der Waals surface area contributed by atoms with Crippen LogP contribution in [0, 0.1) is 0 Å². The SMILES string of the molecule is O=C(F)C(F)(F)C(F)(F)C(F)(F)OC(F)(F)C(F)(F)F. The van der Waals surface area contributed by atoms with Crippen LogP contribution < -0.4 is 0 Å². The lowest BCUT2D eigenvalue weighted by Crippen LogP contribution is -2.61. The molecule has 20 heavy (non-hydrogen) atoms. The van der Waals surface area contributed by atoms with Gasteiger partial charge in [-0.05, 0) is 0 Å². The number of carbonyl (C=O) groups excluding carboxylic acids is 1. The number of alkyl halides is 11.